The molecule has 0 aliphatic rings. The second kappa shape index (κ2) is 6.59. The minimum Gasteiger partial charge on any atom is -0.383 e. The van der Waals surface area contributed by atoms with Crippen molar-refractivity contribution in [1.29, 1.82) is 0 Å². The third-order valence-corrected chi connectivity index (χ3v) is 3.26. The Morgan fingerprint density at radius 3 is 2.95 bits per heavy atom. The molecule has 0 saturated heterocycles. The number of rotatable bonds is 6. The van der Waals surface area contributed by atoms with Gasteiger partial charge in [0.05, 0.1) is 31.1 Å². The first-order valence-corrected chi connectivity index (χ1v) is 6.61. The van der Waals surface area contributed by atoms with Crippen molar-refractivity contribution in [3.05, 3.63) is 47.2 Å². The van der Waals surface area contributed by atoms with Crippen molar-refractivity contribution in [2.24, 2.45) is 0 Å². The highest BCUT2D eigenvalue weighted by molar-refractivity contribution is 6.31. The number of aromatic nitrogens is 2. The lowest BCUT2D eigenvalue weighted by atomic mass is 10.1. The minimum absolute atomic E-state index is 0.133. The zero-order valence-corrected chi connectivity index (χ0v) is 11.9. The van der Waals surface area contributed by atoms with E-state index in [1.54, 1.807) is 7.11 Å². The Labute approximate surface area is 118 Å². The fraction of sp³-hybridized carbons (Fsp3) is 0.357. The molecule has 0 aliphatic heterocycles. The maximum Gasteiger partial charge on any atom is 0.0731 e. The molecule has 1 N–H and O–H groups in total. The first-order valence-electron chi connectivity index (χ1n) is 6.23. The summed E-state index contributed by atoms with van der Waals surface area (Å²) in [6.45, 7) is 3.48. The molecular weight excluding hydrogens is 262 g/mol. The van der Waals surface area contributed by atoms with Crippen LogP contribution in [0.4, 0.5) is 5.69 Å². The van der Waals surface area contributed by atoms with E-state index in [1.807, 2.05) is 41.3 Å². The Bertz CT molecular complexity index is 527. The minimum atomic E-state index is 0.133. The number of nitrogens with zero attached hydrogens (tertiary/aromatic N) is 2. The number of ether oxygens (including phenoxy) is 1. The van der Waals surface area contributed by atoms with Crippen molar-refractivity contribution in [3.63, 3.8) is 0 Å². The predicted octanol–water partition coefficient (Wildman–Crippen LogP) is 3.36. The number of benzene rings is 1. The lowest BCUT2D eigenvalue weighted by Crippen LogP contribution is -2.07. The van der Waals surface area contributed by atoms with E-state index in [0.717, 1.165) is 22.8 Å². The molecule has 19 heavy (non-hydrogen) atoms. The molecule has 2 aromatic rings. The average molecular weight is 280 g/mol. The summed E-state index contributed by atoms with van der Waals surface area (Å²) in [5, 5.41) is 8.42. The van der Waals surface area contributed by atoms with Crippen molar-refractivity contribution in [3.8, 4) is 0 Å². The maximum absolute atomic E-state index is 6.18. The smallest absolute Gasteiger partial charge is 0.0731 e. The Morgan fingerprint density at radius 1 is 1.42 bits per heavy atom. The number of hydrogen-bond acceptors (Lipinski definition) is 3. The largest absolute Gasteiger partial charge is 0.383 e. The van der Waals surface area contributed by atoms with Gasteiger partial charge in [-0.2, -0.15) is 5.10 Å². The van der Waals surface area contributed by atoms with Gasteiger partial charge in [-0.05, 0) is 18.6 Å². The molecule has 0 spiro atoms. The van der Waals surface area contributed by atoms with Gasteiger partial charge in [-0.25, -0.2) is 0 Å². The highest BCUT2D eigenvalue weighted by Crippen LogP contribution is 2.25. The molecule has 1 atom stereocenters. The van der Waals surface area contributed by atoms with Crippen molar-refractivity contribution < 1.29 is 4.74 Å². The molecule has 1 heterocycles. The number of halogens is 1. The van der Waals surface area contributed by atoms with E-state index in [0.29, 0.717) is 6.61 Å². The van der Waals surface area contributed by atoms with Gasteiger partial charge >= 0.3 is 0 Å². The summed E-state index contributed by atoms with van der Waals surface area (Å²) in [5.41, 5.74) is 2.05. The lowest BCUT2D eigenvalue weighted by molar-refractivity contribution is 0.183. The van der Waals surface area contributed by atoms with Crippen LogP contribution in [0.5, 0.6) is 0 Å². The Balaban J connectivity index is 2.01. The monoisotopic (exact) mass is 279 g/mol. The number of anilines is 1. The van der Waals surface area contributed by atoms with E-state index in [9.17, 15) is 0 Å². The van der Waals surface area contributed by atoms with E-state index < -0.39 is 0 Å². The van der Waals surface area contributed by atoms with Gasteiger partial charge in [0, 0.05) is 18.3 Å². The summed E-state index contributed by atoms with van der Waals surface area (Å²) in [6.07, 6.45) is 3.77. The van der Waals surface area contributed by atoms with Crippen molar-refractivity contribution in [2.75, 3.05) is 19.0 Å². The van der Waals surface area contributed by atoms with Gasteiger partial charge in [-0.1, -0.05) is 29.8 Å². The number of nitrogens with one attached hydrogen (secondary N) is 1. The molecule has 0 radical (unpaired) electrons. The van der Waals surface area contributed by atoms with E-state index >= 15 is 0 Å². The Kier molecular flexibility index (Phi) is 4.82. The van der Waals surface area contributed by atoms with Gasteiger partial charge in [-0.3, -0.25) is 4.68 Å². The van der Waals surface area contributed by atoms with Crippen LogP contribution >= 0.6 is 11.6 Å². The molecule has 1 unspecified atom stereocenters. The molecule has 0 amide bonds. The van der Waals surface area contributed by atoms with Crippen LogP contribution in [-0.2, 0) is 11.3 Å². The fourth-order valence-corrected chi connectivity index (χ4v) is 2.20. The van der Waals surface area contributed by atoms with E-state index in [2.05, 4.69) is 17.3 Å². The van der Waals surface area contributed by atoms with E-state index in [1.165, 1.54) is 0 Å². The standard InChI is InChI=1S/C14H18ClN3O/c1-11(13-5-3-4-6-14(13)15)17-12-9-16-18(10-12)7-8-19-2/h3-6,9-11,17H,7-8H2,1-2H3. The molecule has 0 saturated carbocycles. The van der Waals surface area contributed by atoms with Crippen LogP contribution in [0.3, 0.4) is 0 Å². The highest BCUT2D eigenvalue weighted by Gasteiger charge is 2.09. The van der Waals surface area contributed by atoms with E-state index in [4.69, 9.17) is 16.3 Å². The molecule has 1 aromatic heterocycles. The van der Waals surface area contributed by atoms with Crippen LogP contribution in [0, 0.1) is 0 Å². The van der Waals surface area contributed by atoms with Crippen LogP contribution in [0.25, 0.3) is 0 Å². The van der Waals surface area contributed by atoms with Crippen molar-refractivity contribution >= 4 is 17.3 Å². The average Bonchev–Trinajstić information content (AvgIpc) is 2.84. The van der Waals surface area contributed by atoms with Gasteiger partial charge in [0.25, 0.3) is 0 Å². The Morgan fingerprint density at radius 2 is 2.21 bits per heavy atom. The SMILES string of the molecule is COCCn1cc(NC(C)c2ccccc2Cl)cn1. The molecule has 0 aliphatic carbocycles. The summed E-state index contributed by atoms with van der Waals surface area (Å²) in [4.78, 5) is 0. The molecule has 0 fully saturated rings. The topological polar surface area (TPSA) is 39.1 Å². The quantitative estimate of drug-likeness (QED) is 0.881. The van der Waals surface area contributed by atoms with Crippen LogP contribution in [0.1, 0.15) is 18.5 Å². The second-order valence-corrected chi connectivity index (χ2v) is 4.78. The summed E-state index contributed by atoms with van der Waals surface area (Å²) >= 11 is 6.18. The first kappa shape index (κ1) is 13.9. The third kappa shape index (κ3) is 3.72. The maximum atomic E-state index is 6.18. The third-order valence-electron chi connectivity index (χ3n) is 2.91. The molecule has 4 nitrogen and oxygen atoms in total. The van der Waals surface area contributed by atoms with Gasteiger partial charge in [0.2, 0.25) is 0 Å². The normalized spacial score (nSPS) is 12.4. The summed E-state index contributed by atoms with van der Waals surface area (Å²) in [7, 11) is 1.68. The van der Waals surface area contributed by atoms with Gasteiger partial charge in [0.15, 0.2) is 0 Å². The Hall–Kier alpha value is -1.52. The molecule has 0 bridgehead atoms. The van der Waals surface area contributed by atoms with Gasteiger partial charge in [-0.15, -0.1) is 0 Å². The van der Waals surface area contributed by atoms with Gasteiger partial charge in [0.1, 0.15) is 0 Å². The van der Waals surface area contributed by atoms with Crippen LogP contribution < -0.4 is 5.32 Å². The predicted molar refractivity (Wildman–Crippen MR) is 77.6 cm³/mol. The first-order chi connectivity index (χ1) is 9.20. The van der Waals surface area contributed by atoms with Crippen molar-refractivity contribution in [2.45, 2.75) is 19.5 Å². The van der Waals surface area contributed by atoms with Crippen molar-refractivity contribution in [1.82, 2.24) is 9.78 Å². The summed E-state index contributed by atoms with van der Waals surface area (Å²) in [6, 6.07) is 7.98. The zero-order chi connectivity index (χ0) is 13.7. The second-order valence-electron chi connectivity index (χ2n) is 4.37. The summed E-state index contributed by atoms with van der Waals surface area (Å²) in [5.74, 6) is 0. The highest BCUT2D eigenvalue weighted by atomic mass is 35.5. The molecule has 1 aromatic carbocycles. The van der Waals surface area contributed by atoms with Crippen LogP contribution in [-0.4, -0.2) is 23.5 Å². The van der Waals surface area contributed by atoms with E-state index in [-0.39, 0.29) is 6.04 Å². The summed E-state index contributed by atoms with van der Waals surface area (Å²) < 4.78 is 6.87. The molecule has 5 heteroatoms. The molecular formula is C14H18ClN3O. The molecule has 102 valence electrons. The fourth-order valence-electron chi connectivity index (χ4n) is 1.90. The number of hydrogen-bond donors (Lipinski definition) is 1. The van der Waals surface area contributed by atoms with Crippen LogP contribution in [0.2, 0.25) is 5.02 Å². The lowest BCUT2D eigenvalue weighted by Gasteiger charge is -2.15. The van der Waals surface area contributed by atoms with Gasteiger partial charge < -0.3 is 10.1 Å². The molecule has 2 rings (SSSR count). The van der Waals surface area contributed by atoms with Crippen LogP contribution in [0.15, 0.2) is 36.7 Å². The zero-order valence-electron chi connectivity index (χ0n) is 11.1. The number of methoxy groups -OCH3 is 1.